The Morgan fingerprint density at radius 2 is 1.73 bits per heavy atom. The van der Waals surface area contributed by atoms with Crippen LogP contribution in [-0.2, 0) is 9.84 Å². The summed E-state index contributed by atoms with van der Waals surface area (Å²) in [4.78, 5) is 14.7. The maximum absolute atomic E-state index is 13.1. The van der Waals surface area contributed by atoms with Gasteiger partial charge in [0.1, 0.15) is 0 Å². The highest BCUT2D eigenvalue weighted by Gasteiger charge is 2.21. The van der Waals surface area contributed by atoms with Gasteiger partial charge < -0.3 is 4.90 Å². The highest BCUT2D eigenvalue weighted by Crippen LogP contribution is 2.29. The summed E-state index contributed by atoms with van der Waals surface area (Å²) < 4.78 is 23.8. The van der Waals surface area contributed by atoms with E-state index in [1.165, 1.54) is 12.1 Å². The summed E-state index contributed by atoms with van der Waals surface area (Å²) in [5, 5.41) is 2.10. The predicted octanol–water partition coefficient (Wildman–Crippen LogP) is 4.56. The van der Waals surface area contributed by atoms with Gasteiger partial charge in [0, 0.05) is 23.8 Å². The van der Waals surface area contributed by atoms with Crippen molar-refractivity contribution in [2.75, 3.05) is 17.7 Å². The van der Waals surface area contributed by atoms with E-state index in [0.717, 1.165) is 22.7 Å². The second-order valence-corrected chi connectivity index (χ2v) is 8.36. The molecule has 0 atom stereocenters. The summed E-state index contributed by atoms with van der Waals surface area (Å²) in [6.45, 7) is 2.33. The zero-order valence-electron chi connectivity index (χ0n) is 14.4. The normalized spacial score (nSPS) is 11.5. The highest BCUT2D eigenvalue weighted by molar-refractivity contribution is 7.90. The van der Waals surface area contributed by atoms with E-state index in [9.17, 15) is 13.2 Å². The molecule has 0 bridgehead atoms. The minimum atomic E-state index is -3.52. The minimum absolute atomic E-state index is 0.0426. The topological polar surface area (TPSA) is 54.5 Å². The van der Waals surface area contributed by atoms with Gasteiger partial charge in [-0.1, -0.05) is 48.0 Å². The molecule has 0 radical (unpaired) electrons. The molecule has 0 aliphatic rings. The first kappa shape index (κ1) is 18.4. The van der Waals surface area contributed by atoms with Gasteiger partial charge in [0.15, 0.2) is 9.84 Å². The van der Waals surface area contributed by atoms with Crippen LogP contribution < -0.4 is 4.90 Å². The van der Waals surface area contributed by atoms with Gasteiger partial charge in [-0.3, -0.25) is 4.79 Å². The molecule has 3 aromatic carbocycles. The maximum Gasteiger partial charge on any atom is 0.258 e. The van der Waals surface area contributed by atoms with Crippen molar-refractivity contribution >= 4 is 43.8 Å². The van der Waals surface area contributed by atoms with Crippen molar-refractivity contribution in [1.82, 2.24) is 0 Å². The lowest BCUT2D eigenvalue weighted by Crippen LogP contribution is -2.31. The number of carbonyl (C=O) groups excluding carboxylic acids is 1. The third-order valence-corrected chi connectivity index (χ3v) is 5.77. The molecule has 26 heavy (non-hydrogen) atoms. The lowest BCUT2D eigenvalue weighted by atomic mass is 10.1. The summed E-state index contributed by atoms with van der Waals surface area (Å²) in [7, 11) is -3.52. The monoisotopic (exact) mass is 387 g/mol. The van der Waals surface area contributed by atoms with E-state index in [1.54, 1.807) is 11.0 Å². The highest BCUT2D eigenvalue weighted by atomic mass is 35.5. The van der Waals surface area contributed by atoms with Gasteiger partial charge in [-0.05, 0) is 36.6 Å². The van der Waals surface area contributed by atoms with Crippen LogP contribution in [0.2, 0.25) is 5.02 Å². The van der Waals surface area contributed by atoms with E-state index in [1.807, 2.05) is 49.4 Å². The average Bonchev–Trinajstić information content (AvgIpc) is 2.62. The smallest absolute Gasteiger partial charge is 0.258 e. The standard InChI is InChI=1S/C20H18ClNO3S/c1-3-22(18-10-6-8-14-7-4-5-9-16(14)18)20(23)15-11-12-17(21)19(13-15)26(2,24)25/h4-13H,3H2,1-2H3. The third-order valence-electron chi connectivity index (χ3n) is 4.20. The minimum Gasteiger partial charge on any atom is -0.308 e. The summed E-state index contributed by atoms with van der Waals surface area (Å²) in [6, 6.07) is 17.9. The lowest BCUT2D eigenvalue weighted by molar-refractivity contribution is 0.0988. The molecule has 0 unspecified atom stereocenters. The van der Waals surface area contributed by atoms with Gasteiger partial charge in [0.25, 0.3) is 5.91 Å². The summed E-state index contributed by atoms with van der Waals surface area (Å²) >= 11 is 5.99. The lowest BCUT2D eigenvalue weighted by Gasteiger charge is -2.23. The molecule has 0 aliphatic carbocycles. The van der Waals surface area contributed by atoms with E-state index in [0.29, 0.717) is 6.54 Å². The molecule has 0 aromatic heterocycles. The Bertz CT molecular complexity index is 1090. The first-order valence-electron chi connectivity index (χ1n) is 8.12. The second-order valence-electron chi connectivity index (χ2n) is 5.97. The Morgan fingerprint density at radius 3 is 2.42 bits per heavy atom. The van der Waals surface area contributed by atoms with Crippen LogP contribution in [-0.4, -0.2) is 27.1 Å². The van der Waals surface area contributed by atoms with Crippen molar-refractivity contribution in [1.29, 1.82) is 0 Å². The molecule has 6 heteroatoms. The largest absolute Gasteiger partial charge is 0.308 e. The Morgan fingerprint density at radius 1 is 1.04 bits per heavy atom. The maximum atomic E-state index is 13.1. The second kappa shape index (κ2) is 7.09. The molecular weight excluding hydrogens is 370 g/mol. The number of hydrogen-bond donors (Lipinski definition) is 0. The first-order chi connectivity index (χ1) is 12.3. The SMILES string of the molecule is CCN(C(=O)c1ccc(Cl)c(S(C)(=O)=O)c1)c1cccc2ccccc12. The molecule has 0 saturated carbocycles. The average molecular weight is 388 g/mol. The van der Waals surface area contributed by atoms with Crippen molar-refractivity contribution in [3.05, 3.63) is 71.2 Å². The zero-order chi connectivity index (χ0) is 18.9. The predicted molar refractivity (Wildman–Crippen MR) is 106 cm³/mol. The Balaban J connectivity index is 2.10. The molecule has 0 fully saturated rings. The van der Waals surface area contributed by atoms with Crippen molar-refractivity contribution in [3.63, 3.8) is 0 Å². The Kier molecular flexibility index (Phi) is 5.03. The van der Waals surface area contributed by atoms with Gasteiger partial charge in [-0.2, -0.15) is 0 Å². The summed E-state index contributed by atoms with van der Waals surface area (Å²) in [6.07, 6.45) is 1.07. The van der Waals surface area contributed by atoms with Crippen molar-refractivity contribution in [2.24, 2.45) is 0 Å². The number of benzene rings is 3. The number of amides is 1. The fourth-order valence-electron chi connectivity index (χ4n) is 2.94. The van der Waals surface area contributed by atoms with Gasteiger partial charge in [-0.25, -0.2) is 8.42 Å². The van der Waals surface area contributed by atoms with E-state index < -0.39 is 9.84 Å². The van der Waals surface area contributed by atoms with Crippen LogP contribution in [0.15, 0.2) is 65.6 Å². The Hall–Kier alpha value is -2.37. The third kappa shape index (κ3) is 3.45. The molecular formula is C20H18ClNO3S. The number of nitrogens with zero attached hydrogens (tertiary/aromatic N) is 1. The number of fused-ring (bicyclic) bond motifs is 1. The number of rotatable bonds is 4. The molecule has 0 heterocycles. The van der Waals surface area contributed by atoms with Crippen molar-refractivity contribution < 1.29 is 13.2 Å². The summed E-state index contributed by atoms with van der Waals surface area (Å²) in [5.74, 6) is -0.273. The van der Waals surface area contributed by atoms with Crippen LogP contribution in [0.5, 0.6) is 0 Å². The first-order valence-corrected chi connectivity index (χ1v) is 10.4. The number of carbonyl (C=O) groups is 1. The van der Waals surface area contributed by atoms with Crippen LogP contribution >= 0.6 is 11.6 Å². The molecule has 3 rings (SSSR count). The molecule has 0 spiro atoms. The zero-order valence-corrected chi connectivity index (χ0v) is 16.0. The Labute approximate surface area is 157 Å². The summed E-state index contributed by atoms with van der Waals surface area (Å²) in [5.41, 5.74) is 1.07. The fourth-order valence-corrected chi connectivity index (χ4v) is 4.24. The van der Waals surface area contributed by atoms with Crippen LogP contribution in [0.25, 0.3) is 10.8 Å². The van der Waals surface area contributed by atoms with Crippen molar-refractivity contribution in [3.8, 4) is 0 Å². The number of halogens is 1. The molecule has 3 aromatic rings. The van der Waals surface area contributed by atoms with E-state index in [4.69, 9.17) is 11.6 Å². The molecule has 1 amide bonds. The van der Waals surface area contributed by atoms with Crippen LogP contribution in [0.1, 0.15) is 17.3 Å². The van der Waals surface area contributed by atoms with E-state index in [2.05, 4.69) is 0 Å². The number of sulfone groups is 1. The van der Waals surface area contributed by atoms with Gasteiger partial charge in [-0.15, -0.1) is 0 Å². The van der Waals surface area contributed by atoms with Gasteiger partial charge >= 0.3 is 0 Å². The number of hydrogen-bond acceptors (Lipinski definition) is 3. The van der Waals surface area contributed by atoms with Gasteiger partial charge in [0.05, 0.1) is 15.6 Å². The van der Waals surface area contributed by atoms with Crippen molar-refractivity contribution in [2.45, 2.75) is 11.8 Å². The molecule has 0 N–H and O–H groups in total. The number of anilines is 1. The molecule has 0 saturated heterocycles. The van der Waals surface area contributed by atoms with Crippen LogP contribution in [0, 0.1) is 0 Å². The molecule has 4 nitrogen and oxygen atoms in total. The quantitative estimate of drug-likeness (QED) is 0.659. The van der Waals surface area contributed by atoms with Crippen LogP contribution in [0.4, 0.5) is 5.69 Å². The van der Waals surface area contributed by atoms with E-state index >= 15 is 0 Å². The van der Waals surface area contributed by atoms with E-state index in [-0.39, 0.29) is 21.4 Å². The van der Waals surface area contributed by atoms with Crippen LogP contribution in [0.3, 0.4) is 0 Å². The fraction of sp³-hybridized carbons (Fsp3) is 0.150. The van der Waals surface area contributed by atoms with Gasteiger partial charge in [0.2, 0.25) is 0 Å². The molecule has 134 valence electrons. The molecule has 0 aliphatic heterocycles.